The number of guanidine groups is 1. The summed E-state index contributed by atoms with van der Waals surface area (Å²) in [5, 5.41) is 7.49. The number of aromatic nitrogens is 1. The molecule has 0 radical (unpaired) electrons. The van der Waals surface area contributed by atoms with Crippen LogP contribution in [-0.4, -0.2) is 61.6 Å². The van der Waals surface area contributed by atoms with E-state index in [-0.39, 0.29) is 0 Å². The lowest BCUT2D eigenvalue weighted by Gasteiger charge is -2.34. The molecule has 2 fully saturated rings. The topological polar surface area (TPSA) is 72.1 Å². The summed E-state index contributed by atoms with van der Waals surface area (Å²) in [7, 11) is 1.82. The molecular formula is C20H34N4O3. The first-order valence-corrected chi connectivity index (χ1v) is 10.3. The van der Waals surface area contributed by atoms with Crippen LogP contribution in [-0.2, 0) is 16.0 Å². The van der Waals surface area contributed by atoms with Crippen LogP contribution in [0.1, 0.15) is 63.3 Å². The molecule has 3 heterocycles. The van der Waals surface area contributed by atoms with E-state index in [9.17, 15) is 0 Å². The van der Waals surface area contributed by atoms with Gasteiger partial charge < -0.3 is 24.2 Å². The van der Waals surface area contributed by atoms with Gasteiger partial charge in [-0.2, -0.15) is 0 Å². The summed E-state index contributed by atoms with van der Waals surface area (Å²) in [6, 6.07) is 2.01. The normalized spacial score (nSPS) is 22.4. The van der Waals surface area contributed by atoms with Crippen molar-refractivity contribution in [2.24, 2.45) is 4.99 Å². The van der Waals surface area contributed by atoms with Gasteiger partial charge in [-0.3, -0.25) is 4.99 Å². The zero-order chi connectivity index (χ0) is 19.1. The molecule has 3 rings (SSSR count). The summed E-state index contributed by atoms with van der Waals surface area (Å²) in [5.74, 6) is 2.12. The second kappa shape index (κ2) is 10.1. The maximum atomic E-state index is 6.10. The molecule has 7 heteroatoms. The Hall–Kier alpha value is -1.60. The lowest BCUT2D eigenvalue weighted by Crippen LogP contribution is -2.47. The van der Waals surface area contributed by atoms with Gasteiger partial charge in [-0.25, -0.2) is 0 Å². The van der Waals surface area contributed by atoms with Crippen LogP contribution >= 0.6 is 0 Å². The minimum Gasteiger partial charge on any atom is -0.376 e. The van der Waals surface area contributed by atoms with Gasteiger partial charge in [0, 0.05) is 32.8 Å². The van der Waals surface area contributed by atoms with E-state index >= 15 is 0 Å². The Morgan fingerprint density at radius 1 is 1.33 bits per heavy atom. The van der Waals surface area contributed by atoms with Crippen molar-refractivity contribution >= 4 is 5.96 Å². The van der Waals surface area contributed by atoms with Gasteiger partial charge in [0.05, 0.1) is 31.1 Å². The monoisotopic (exact) mass is 378 g/mol. The molecule has 0 bridgehead atoms. The molecule has 1 aromatic rings. The van der Waals surface area contributed by atoms with Crippen molar-refractivity contribution < 1.29 is 14.0 Å². The summed E-state index contributed by atoms with van der Waals surface area (Å²) >= 11 is 0. The molecule has 1 unspecified atom stereocenters. The smallest absolute Gasteiger partial charge is 0.194 e. The fourth-order valence-electron chi connectivity index (χ4n) is 3.60. The van der Waals surface area contributed by atoms with E-state index in [1.54, 1.807) is 0 Å². The molecule has 2 aliphatic heterocycles. The maximum Gasteiger partial charge on any atom is 0.194 e. The zero-order valence-corrected chi connectivity index (χ0v) is 16.9. The summed E-state index contributed by atoms with van der Waals surface area (Å²) in [6.45, 7) is 8.34. The van der Waals surface area contributed by atoms with E-state index in [2.05, 4.69) is 34.2 Å². The second-order valence-corrected chi connectivity index (χ2v) is 7.78. The highest BCUT2D eigenvalue weighted by Crippen LogP contribution is 2.18. The van der Waals surface area contributed by atoms with E-state index in [0.717, 1.165) is 63.0 Å². The average molecular weight is 379 g/mol. The molecule has 7 nitrogen and oxygen atoms in total. The van der Waals surface area contributed by atoms with Crippen LogP contribution in [0.2, 0.25) is 0 Å². The van der Waals surface area contributed by atoms with Gasteiger partial charge in [-0.05, 0) is 38.0 Å². The van der Waals surface area contributed by atoms with Gasteiger partial charge in [0.2, 0.25) is 0 Å². The van der Waals surface area contributed by atoms with Crippen LogP contribution in [0.15, 0.2) is 15.6 Å². The third-order valence-corrected chi connectivity index (χ3v) is 5.33. The van der Waals surface area contributed by atoms with Gasteiger partial charge in [0.15, 0.2) is 11.7 Å². The van der Waals surface area contributed by atoms with E-state index in [1.807, 2.05) is 13.1 Å². The molecule has 1 aromatic heterocycles. The fourth-order valence-corrected chi connectivity index (χ4v) is 3.60. The Bertz CT molecular complexity index is 588. The van der Waals surface area contributed by atoms with Crippen molar-refractivity contribution in [3.05, 3.63) is 17.5 Å². The predicted molar refractivity (Wildman–Crippen MR) is 105 cm³/mol. The highest BCUT2D eigenvalue weighted by Gasteiger charge is 2.24. The number of nitrogens with zero attached hydrogens (tertiary/aromatic N) is 3. The third-order valence-electron chi connectivity index (χ3n) is 5.33. The van der Waals surface area contributed by atoms with Gasteiger partial charge in [0.25, 0.3) is 0 Å². The van der Waals surface area contributed by atoms with Crippen molar-refractivity contribution in [1.82, 2.24) is 15.4 Å². The molecule has 152 valence electrons. The predicted octanol–water partition coefficient (Wildman–Crippen LogP) is 2.92. The fraction of sp³-hybridized carbons (Fsp3) is 0.800. The van der Waals surface area contributed by atoms with Crippen LogP contribution < -0.4 is 5.32 Å². The SMILES string of the molecule is CN=C(NCc1cc(C(C)C)no1)N1CCC(OCC2CCCCO2)CC1. The number of hydrogen-bond donors (Lipinski definition) is 1. The average Bonchev–Trinajstić information content (AvgIpc) is 3.18. The van der Waals surface area contributed by atoms with Crippen LogP contribution in [0.25, 0.3) is 0 Å². The molecule has 27 heavy (non-hydrogen) atoms. The summed E-state index contributed by atoms with van der Waals surface area (Å²) < 4.78 is 17.3. The molecule has 0 amide bonds. The molecule has 0 aromatic carbocycles. The second-order valence-electron chi connectivity index (χ2n) is 7.78. The molecule has 2 aliphatic rings. The Morgan fingerprint density at radius 2 is 2.15 bits per heavy atom. The minimum absolute atomic E-state index is 0.295. The van der Waals surface area contributed by atoms with Crippen molar-refractivity contribution in [1.29, 1.82) is 0 Å². The molecule has 1 N–H and O–H groups in total. The van der Waals surface area contributed by atoms with E-state index < -0.39 is 0 Å². The number of aliphatic imine (C=N–C) groups is 1. The molecule has 1 atom stereocenters. The Morgan fingerprint density at radius 3 is 2.78 bits per heavy atom. The van der Waals surface area contributed by atoms with Crippen LogP contribution in [0, 0.1) is 0 Å². The molecule has 2 saturated heterocycles. The maximum absolute atomic E-state index is 6.10. The zero-order valence-electron chi connectivity index (χ0n) is 16.9. The van der Waals surface area contributed by atoms with Gasteiger partial charge in [-0.1, -0.05) is 19.0 Å². The highest BCUT2D eigenvalue weighted by atomic mass is 16.5. The minimum atomic E-state index is 0.295. The van der Waals surface area contributed by atoms with E-state index in [4.69, 9.17) is 14.0 Å². The number of nitrogens with one attached hydrogen (secondary N) is 1. The largest absolute Gasteiger partial charge is 0.376 e. The first kappa shape index (κ1) is 20.1. The van der Waals surface area contributed by atoms with Gasteiger partial charge in [-0.15, -0.1) is 0 Å². The highest BCUT2D eigenvalue weighted by molar-refractivity contribution is 5.79. The quantitative estimate of drug-likeness (QED) is 0.606. The van der Waals surface area contributed by atoms with Crippen LogP contribution in [0.3, 0.4) is 0 Å². The van der Waals surface area contributed by atoms with Crippen LogP contribution in [0.5, 0.6) is 0 Å². The number of piperidine rings is 1. The van der Waals surface area contributed by atoms with E-state index in [0.29, 0.717) is 24.7 Å². The van der Waals surface area contributed by atoms with Gasteiger partial charge >= 0.3 is 0 Å². The molecule has 0 aliphatic carbocycles. The van der Waals surface area contributed by atoms with Crippen molar-refractivity contribution in [3.63, 3.8) is 0 Å². The summed E-state index contributed by atoms with van der Waals surface area (Å²) in [4.78, 5) is 6.71. The Labute approximate surface area is 162 Å². The number of rotatable bonds is 6. The van der Waals surface area contributed by atoms with Crippen LogP contribution in [0.4, 0.5) is 0 Å². The number of ether oxygens (including phenoxy) is 2. The lowest BCUT2D eigenvalue weighted by molar-refractivity contribution is -0.0721. The molecule has 0 spiro atoms. The molecular weight excluding hydrogens is 344 g/mol. The summed E-state index contributed by atoms with van der Waals surface area (Å²) in [5.41, 5.74) is 0.988. The lowest BCUT2D eigenvalue weighted by atomic mass is 10.1. The first-order valence-electron chi connectivity index (χ1n) is 10.3. The number of likely N-dealkylation sites (tertiary alicyclic amines) is 1. The van der Waals surface area contributed by atoms with Gasteiger partial charge in [0.1, 0.15) is 0 Å². The van der Waals surface area contributed by atoms with Crippen molar-refractivity contribution in [3.8, 4) is 0 Å². The standard InChI is InChI=1S/C20H34N4O3/c1-15(2)19-12-18(27-23-19)13-22-20(21-3)24-9-7-16(8-10-24)26-14-17-6-4-5-11-25-17/h12,15-17H,4-11,13-14H2,1-3H3,(H,21,22). The van der Waals surface area contributed by atoms with E-state index in [1.165, 1.54) is 12.8 Å². The Balaban J connectivity index is 1.38. The van der Waals surface area contributed by atoms with Crippen molar-refractivity contribution in [2.75, 3.05) is 33.4 Å². The molecule has 0 saturated carbocycles. The first-order chi connectivity index (χ1) is 13.2. The summed E-state index contributed by atoms with van der Waals surface area (Å²) in [6.07, 6.45) is 6.25. The van der Waals surface area contributed by atoms with Crippen molar-refractivity contribution in [2.45, 2.75) is 70.6 Å². The third kappa shape index (κ3) is 5.94. The number of hydrogen-bond acceptors (Lipinski definition) is 5. The Kier molecular flexibility index (Phi) is 7.52.